The van der Waals surface area contributed by atoms with E-state index in [1.807, 2.05) is 4.90 Å². The molecule has 1 heterocycles. The number of hydrogen-bond acceptors (Lipinski definition) is 4. The van der Waals surface area contributed by atoms with Crippen molar-refractivity contribution in [2.75, 3.05) is 39.0 Å². The topological polar surface area (TPSA) is 38.8 Å². The fraction of sp³-hybridized carbons (Fsp3) is 0.833. The molecular formula is C12H23FNO3P. The second-order valence-corrected chi connectivity index (χ2v) is 6.42. The minimum Gasteiger partial charge on any atom is -0.309 e. The van der Waals surface area contributed by atoms with Crippen LogP contribution >= 0.6 is 7.60 Å². The van der Waals surface area contributed by atoms with Crippen LogP contribution < -0.4 is 0 Å². The Hall–Kier alpha value is -0.220. The van der Waals surface area contributed by atoms with Gasteiger partial charge in [-0.1, -0.05) is 6.08 Å². The molecule has 0 amide bonds. The molecule has 4 nitrogen and oxygen atoms in total. The normalized spacial score (nSPS) is 17.8. The van der Waals surface area contributed by atoms with Crippen molar-refractivity contribution in [1.82, 2.24) is 4.90 Å². The van der Waals surface area contributed by atoms with Crippen molar-refractivity contribution in [3.63, 3.8) is 0 Å². The van der Waals surface area contributed by atoms with Crippen LogP contribution in [0.5, 0.6) is 0 Å². The van der Waals surface area contributed by atoms with Crippen molar-refractivity contribution in [1.29, 1.82) is 0 Å². The smallest absolute Gasteiger partial charge is 0.309 e. The molecule has 0 fully saturated rings. The number of rotatable bonds is 8. The lowest BCUT2D eigenvalue weighted by atomic mass is 10.2. The summed E-state index contributed by atoms with van der Waals surface area (Å²) >= 11 is 0. The second kappa shape index (κ2) is 8.05. The summed E-state index contributed by atoms with van der Waals surface area (Å²) < 4.78 is 35.6. The van der Waals surface area contributed by atoms with Crippen molar-refractivity contribution >= 4 is 7.60 Å². The lowest BCUT2D eigenvalue weighted by Gasteiger charge is -2.25. The van der Waals surface area contributed by atoms with Crippen molar-refractivity contribution in [3.8, 4) is 0 Å². The molecule has 0 radical (unpaired) electrons. The molecule has 106 valence electrons. The fourth-order valence-electron chi connectivity index (χ4n) is 2.00. The van der Waals surface area contributed by atoms with Crippen LogP contribution in [0, 0.1) is 0 Å². The van der Waals surface area contributed by atoms with E-state index in [2.05, 4.69) is 0 Å². The molecule has 0 aliphatic carbocycles. The molecule has 6 heteroatoms. The van der Waals surface area contributed by atoms with Gasteiger partial charge in [-0.05, 0) is 33.2 Å². The van der Waals surface area contributed by atoms with E-state index >= 15 is 0 Å². The van der Waals surface area contributed by atoms with Crippen LogP contribution in [0.4, 0.5) is 4.39 Å². The Balaban J connectivity index is 2.30. The summed E-state index contributed by atoms with van der Waals surface area (Å²) in [7, 11) is -2.94. The Labute approximate surface area is 109 Å². The Morgan fingerprint density at radius 2 is 2.06 bits per heavy atom. The van der Waals surface area contributed by atoms with Gasteiger partial charge < -0.3 is 9.05 Å². The van der Waals surface area contributed by atoms with Crippen LogP contribution in [0.3, 0.4) is 0 Å². The summed E-state index contributed by atoms with van der Waals surface area (Å²) in [6, 6.07) is 0. The molecule has 0 unspecified atom stereocenters. The first kappa shape index (κ1) is 15.8. The highest BCUT2D eigenvalue weighted by atomic mass is 31.2. The Bertz CT molecular complexity index is 312. The van der Waals surface area contributed by atoms with Crippen LogP contribution in [0.15, 0.2) is 11.9 Å². The van der Waals surface area contributed by atoms with Crippen LogP contribution in [0.25, 0.3) is 0 Å². The Morgan fingerprint density at radius 1 is 1.39 bits per heavy atom. The van der Waals surface area contributed by atoms with Crippen LogP contribution in [0.1, 0.15) is 26.7 Å². The Kier molecular flexibility index (Phi) is 7.08. The molecule has 0 atom stereocenters. The molecule has 0 saturated carbocycles. The van der Waals surface area contributed by atoms with E-state index in [1.54, 1.807) is 19.9 Å². The first-order valence-corrected chi connectivity index (χ1v) is 8.27. The highest BCUT2D eigenvalue weighted by Gasteiger charge is 2.23. The van der Waals surface area contributed by atoms with Crippen LogP contribution in [-0.2, 0) is 13.6 Å². The van der Waals surface area contributed by atoms with Gasteiger partial charge in [0.15, 0.2) is 0 Å². The van der Waals surface area contributed by atoms with Gasteiger partial charge in [-0.25, -0.2) is 4.39 Å². The van der Waals surface area contributed by atoms with E-state index in [0.717, 1.165) is 19.5 Å². The quantitative estimate of drug-likeness (QED) is 0.640. The van der Waals surface area contributed by atoms with Crippen molar-refractivity contribution < 1.29 is 18.0 Å². The zero-order valence-electron chi connectivity index (χ0n) is 11.2. The van der Waals surface area contributed by atoms with E-state index < -0.39 is 7.60 Å². The first-order valence-electron chi connectivity index (χ1n) is 6.54. The third kappa shape index (κ3) is 5.61. The summed E-state index contributed by atoms with van der Waals surface area (Å²) in [5, 5.41) is 0. The number of nitrogens with zero attached hydrogens (tertiary/aromatic N) is 1. The molecule has 1 aliphatic heterocycles. The van der Waals surface area contributed by atoms with Gasteiger partial charge in [-0.2, -0.15) is 0 Å². The van der Waals surface area contributed by atoms with Crippen molar-refractivity contribution in [3.05, 3.63) is 11.9 Å². The maximum atomic E-state index is 13.1. The molecule has 0 bridgehead atoms. The SMILES string of the molecule is CCOP(=O)(CCCN1CCC=C(F)C1)OCC. The minimum atomic E-state index is -2.94. The monoisotopic (exact) mass is 279 g/mol. The first-order chi connectivity index (χ1) is 8.59. The lowest BCUT2D eigenvalue weighted by Crippen LogP contribution is -2.30. The molecule has 0 saturated heterocycles. The molecule has 1 aliphatic rings. The van der Waals surface area contributed by atoms with E-state index in [0.29, 0.717) is 32.3 Å². The summed E-state index contributed by atoms with van der Waals surface area (Å²) in [6.45, 7) is 6.34. The molecule has 18 heavy (non-hydrogen) atoms. The molecule has 0 N–H and O–H groups in total. The zero-order chi connectivity index (χ0) is 13.4. The van der Waals surface area contributed by atoms with Gasteiger partial charge in [0, 0.05) is 13.1 Å². The summed E-state index contributed by atoms with van der Waals surface area (Å²) in [6.07, 6.45) is 3.48. The Morgan fingerprint density at radius 3 is 2.61 bits per heavy atom. The standard InChI is InChI=1S/C12H23FNO3P/c1-3-16-18(15,17-4-2)10-6-9-14-8-5-7-12(13)11-14/h7H,3-6,8-11H2,1-2H3. The summed E-state index contributed by atoms with van der Waals surface area (Å²) in [5.74, 6) is -0.0703. The van der Waals surface area contributed by atoms with Crippen molar-refractivity contribution in [2.24, 2.45) is 0 Å². The van der Waals surface area contributed by atoms with Gasteiger partial charge in [0.05, 0.1) is 19.4 Å². The highest BCUT2D eigenvalue weighted by Crippen LogP contribution is 2.48. The van der Waals surface area contributed by atoms with Gasteiger partial charge in [-0.15, -0.1) is 0 Å². The maximum absolute atomic E-state index is 13.1. The maximum Gasteiger partial charge on any atom is 0.330 e. The number of halogens is 1. The molecule has 0 aromatic heterocycles. The van der Waals surface area contributed by atoms with Gasteiger partial charge in [0.2, 0.25) is 0 Å². The molecule has 0 aromatic carbocycles. The molecular weight excluding hydrogens is 256 g/mol. The summed E-state index contributed by atoms with van der Waals surface area (Å²) in [4.78, 5) is 2.03. The highest BCUT2D eigenvalue weighted by molar-refractivity contribution is 7.53. The van der Waals surface area contributed by atoms with E-state index in [9.17, 15) is 8.96 Å². The predicted octanol–water partition coefficient (Wildman–Crippen LogP) is 3.20. The predicted molar refractivity (Wildman–Crippen MR) is 70.6 cm³/mol. The summed E-state index contributed by atoms with van der Waals surface area (Å²) in [5.41, 5.74) is 0. The van der Waals surface area contributed by atoms with E-state index in [4.69, 9.17) is 9.05 Å². The second-order valence-electron chi connectivity index (χ2n) is 4.24. The lowest BCUT2D eigenvalue weighted by molar-refractivity contribution is 0.216. The largest absolute Gasteiger partial charge is 0.330 e. The molecule has 1 rings (SSSR count). The number of hydrogen-bond donors (Lipinski definition) is 0. The third-order valence-corrected chi connectivity index (χ3v) is 4.91. The third-order valence-electron chi connectivity index (χ3n) is 2.74. The zero-order valence-corrected chi connectivity index (χ0v) is 12.1. The van der Waals surface area contributed by atoms with E-state index in [-0.39, 0.29) is 5.83 Å². The van der Waals surface area contributed by atoms with Crippen LogP contribution in [-0.4, -0.2) is 43.9 Å². The van der Waals surface area contributed by atoms with Gasteiger partial charge in [0.1, 0.15) is 5.83 Å². The fourth-order valence-corrected chi connectivity index (χ4v) is 3.65. The molecule has 0 aromatic rings. The average Bonchev–Trinajstić information content (AvgIpc) is 2.29. The van der Waals surface area contributed by atoms with E-state index in [1.165, 1.54) is 0 Å². The van der Waals surface area contributed by atoms with Gasteiger partial charge >= 0.3 is 7.60 Å². The van der Waals surface area contributed by atoms with Crippen LogP contribution in [0.2, 0.25) is 0 Å². The molecule has 0 spiro atoms. The van der Waals surface area contributed by atoms with Gasteiger partial charge in [-0.3, -0.25) is 9.46 Å². The van der Waals surface area contributed by atoms with Gasteiger partial charge in [0.25, 0.3) is 0 Å². The minimum absolute atomic E-state index is 0.0703. The average molecular weight is 279 g/mol. The van der Waals surface area contributed by atoms with Crippen molar-refractivity contribution in [2.45, 2.75) is 26.7 Å².